The van der Waals surface area contributed by atoms with Gasteiger partial charge in [-0.2, -0.15) is 0 Å². The maximum atomic E-state index is 12.1. The van der Waals surface area contributed by atoms with Gasteiger partial charge < -0.3 is 15.3 Å². The number of aliphatic carboxylic acids is 1. The average Bonchev–Trinajstić information content (AvgIpc) is 2.68. The highest BCUT2D eigenvalue weighted by Gasteiger charge is 2.69. The lowest BCUT2D eigenvalue weighted by Crippen LogP contribution is -2.63. The molecule has 0 aromatic heterocycles. The highest BCUT2D eigenvalue weighted by atomic mass is 16.4. The summed E-state index contributed by atoms with van der Waals surface area (Å²) < 4.78 is 0. The molecule has 0 aromatic carbocycles. The standard InChI is InChI=1S/C20H30O4/c1-11-12-9-13(21)15-18(2)6-4-7-19(3,17(23)24)14(18)5-8-20(15,10-12)16(11)22/h12-16,21-22H,1,4-10H2,2-3H3,(H,23,24)/t12-,13?,14+,15+,16?,18-,19?,20-/m0/s1. The SMILES string of the molecule is C=C1C(O)[C@]23CC[C@H]4C(C)(C(=O)O)CCC[C@]4(C)[C@H]2C(O)C[C@H]1C3. The average molecular weight is 334 g/mol. The fourth-order valence-corrected chi connectivity index (χ4v) is 7.73. The Kier molecular flexibility index (Phi) is 3.35. The van der Waals surface area contributed by atoms with E-state index >= 15 is 0 Å². The molecule has 24 heavy (non-hydrogen) atoms. The van der Waals surface area contributed by atoms with Crippen molar-refractivity contribution in [1.29, 1.82) is 0 Å². The molecule has 3 unspecified atom stereocenters. The maximum absolute atomic E-state index is 12.1. The Morgan fingerprint density at radius 2 is 1.92 bits per heavy atom. The number of fused-ring (bicyclic) bond motifs is 3. The van der Waals surface area contributed by atoms with Crippen LogP contribution in [0.1, 0.15) is 58.8 Å². The zero-order valence-electron chi connectivity index (χ0n) is 14.8. The van der Waals surface area contributed by atoms with Crippen molar-refractivity contribution in [3.8, 4) is 0 Å². The molecule has 0 radical (unpaired) electrons. The fourth-order valence-electron chi connectivity index (χ4n) is 7.73. The van der Waals surface area contributed by atoms with E-state index in [1.54, 1.807) is 0 Å². The van der Waals surface area contributed by atoms with Crippen molar-refractivity contribution in [1.82, 2.24) is 0 Å². The minimum absolute atomic E-state index is 0.0202. The number of aliphatic hydroxyl groups is 2. The minimum atomic E-state index is -0.717. The van der Waals surface area contributed by atoms with E-state index in [1.807, 2.05) is 6.92 Å². The maximum Gasteiger partial charge on any atom is 0.309 e. The summed E-state index contributed by atoms with van der Waals surface area (Å²) in [7, 11) is 0. The van der Waals surface area contributed by atoms with E-state index in [0.29, 0.717) is 6.42 Å². The Balaban J connectivity index is 1.82. The van der Waals surface area contributed by atoms with E-state index in [-0.39, 0.29) is 28.6 Å². The van der Waals surface area contributed by atoms with Crippen LogP contribution in [-0.2, 0) is 4.79 Å². The van der Waals surface area contributed by atoms with Gasteiger partial charge in [-0.1, -0.05) is 19.9 Å². The molecule has 0 amide bonds. The topological polar surface area (TPSA) is 77.8 Å². The highest BCUT2D eigenvalue weighted by Crippen LogP contribution is 2.72. The normalized spacial score (nSPS) is 56.5. The van der Waals surface area contributed by atoms with Gasteiger partial charge in [-0.3, -0.25) is 4.79 Å². The Morgan fingerprint density at radius 3 is 2.58 bits per heavy atom. The van der Waals surface area contributed by atoms with Crippen LogP contribution in [-0.4, -0.2) is 33.5 Å². The van der Waals surface area contributed by atoms with Gasteiger partial charge >= 0.3 is 5.97 Å². The molecule has 4 aliphatic rings. The summed E-state index contributed by atoms with van der Waals surface area (Å²) in [6, 6.07) is 0. The Morgan fingerprint density at radius 1 is 1.21 bits per heavy atom. The van der Waals surface area contributed by atoms with Crippen molar-refractivity contribution in [3.05, 3.63) is 12.2 Å². The molecule has 8 atom stereocenters. The Bertz CT molecular complexity index is 600. The van der Waals surface area contributed by atoms with E-state index in [4.69, 9.17) is 0 Å². The summed E-state index contributed by atoms with van der Waals surface area (Å²) in [6.45, 7) is 8.22. The molecule has 4 saturated carbocycles. The van der Waals surface area contributed by atoms with Crippen molar-refractivity contribution in [3.63, 3.8) is 0 Å². The molecule has 2 bridgehead atoms. The van der Waals surface area contributed by atoms with Crippen LogP contribution < -0.4 is 0 Å². The Labute approximate surface area is 144 Å². The number of carbonyl (C=O) groups is 1. The van der Waals surface area contributed by atoms with Gasteiger partial charge in [-0.25, -0.2) is 0 Å². The number of hydrogen-bond acceptors (Lipinski definition) is 3. The summed E-state index contributed by atoms with van der Waals surface area (Å²) >= 11 is 0. The number of carboxylic acids is 1. The molecule has 0 aliphatic heterocycles. The van der Waals surface area contributed by atoms with Gasteiger partial charge in [0.1, 0.15) is 0 Å². The molecule has 134 valence electrons. The van der Waals surface area contributed by atoms with Crippen LogP contribution in [0.4, 0.5) is 0 Å². The van der Waals surface area contributed by atoms with Gasteiger partial charge in [0.2, 0.25) is 0 Å². The summed E-state index contributed by atoms with van der Waals surface area (Å²) in [5, 5.41) is 31.9. The zero-order chi connectivity index (χ0) is 17.5. The van der Waals surface area contributed by atoms with E-state index < -0.39 is 23.6 Å². The number of aliphatic hydroxyl groups excluding tert-OH is 2. The third-order valence-corrected chi connectivity index (χ3v) is 8.65. The molecule has 4 rings (SSSR count). The molecule has 4 fully saturated rings. The third kappa shape index (κ3) is 1.74. The third-order valence-electron chi connectivity index (χ3n) is 8.65. The predicted molar refractivity (Wildman–Crippen MR) is 90.2 cm³/mol. The van der Waals surface area contributed by atoms with Crippen molar-refractivity contribution in [2.45, 2.75) is 71.0 Å². The Hall–Kier alpha value is -0.870. The predicted octanol–water partition coefficient (Wildman–Crippen LogP) is 2.98. The molecule has 3 N–H and O–H groups in total. The van der Waals surface area contributed by atoms with Crippen LogP contribution in [0.3, 0.4) is 0 Å². The molecule has 4 heteroatoms. The van der Waals surface area contributed by atoms with Gasteiger partial charge in [-0.05, 0) is 74.2 Å². The van der Waals surface area contributed by atoms with Gasteiger partial charge in [0, 0.05) is 5.41 Å². The van der Waals surface area contributed by atoms with Crippen LogP contribution in [0, 0.1) is 34.0 Å². The molecule has 0 aromatic rings. The minimum Gasteiger partial charge on any atom is -0.481 e. The second-order valence-electron chi connectivity index (χ2n) is 9.57. The second kappa shape index (κ2) is 4.85. The number of rotatable bonds is 1. The monoisotopic (exact) mass is 334 g/mol. The number of hydrogen-bond donors (Lipinski definition) is 3. The molecule has 1 spiro atoms. The zero-order valence-corrected chi connectivity index (χ0v) is 14.8. The van der Waals surface area contributed by atoms with E-state index in [2.05, 4.69) is 13.5 Å². The van der Waals surface area contributed by atoms with Crippen molar-refractivity contribution < 1.29 is 20.1 Å². The van der Waals surface area contributed by atoms with E-state index in [9.17, 15) is 20.1 Å². The first-order chi connectivity index (χ1) is 11.2. The number of carboxylic acid groups (broad SMARTS) is 1. The molecular weight excluding hydrogens is 304 g/mol. The summed E-state index contributed by atoms with van der Waals surface area (Å²) in [5.41, 5.74) is -0.331. The molecule has 4 nitrogen and oxygen atoms in total. The first-order valence-electron chi connectivity index (χ1n) is 9.45. The highest BCUT2D eigenvalue weighted by molar-refractivity contribution is 5.75. The van der Waals surface area contributed by atoms with Crippen molar-refractivity contribution in [2.75, 3.05) is 0 Å². The lowest BCUT2D eigenvalue weighted by atomic mass is 9.40. The van der Waals surface area contributed by atoms with Crippen molar-refractivity contribution in [2.24, 2.45) is 34.0 Å². The summed E-state index contributed by atoms with van der Waals surface area (Å²) in [6.07, 6.45) is 4.80. The van der Waals surface area contributed by atoms with Gasteiger partial charge in [0.25, 0.3) is 0 Å². The van der Waals surface area contributed by atoms with Crippen LogP contribution in [0.2, 0.25) is 0 Å². The summed E-state index contributed by atoms with van der Waals surface area (Å²) in [4.78, 5) is 12.1. The quantitative estimate of drug-likeness (QED) is 0.644. The van der Waals surface area contributed by atoms with E-state index in [1.165, 1.54) is 0 Å². The van der Waals surface area contributed by atoms with Crippen LogP contribution in [0.25, 0.3) is 0 Å². The van der Waals surface area contributed by atoms with Crippen molar-refractivity contribution >= 4 is 5.97 Å². The second-order valence-corrected chi connectivity index (χ2v) is 9.57. The van der Waals surface area contributed by atoms with E-state index in [0.717, 1.165) is 44.1 Å². The first kappa shape index (κ1) is 16.6. The van der Waals surface area contributed by atoms with Gasteiger partial charge in [0.05, 0.1) is 17.6 Å². The lowest BCUT2D eigenvalue weighted by molar-refractivity contribution is -0.212. The van der Waals surface area contributed by atoms with Crippen LogP contribution in [0.15, 0.2) is 12.2 Å². The van der Waals surface area contributed by atoms with Gasteiger partial charge in [0.15, 0.2) is 0 Å². The smallest absolute Gasteiger partial charge is 0.309 e. The van der Waals surface area contributed by atoms with Gasteiger partial charge in [-0.15, -0.1) is 0 Å². The molecule has 4 aliphatic carbocycles. The van der Waals surface area contributed by atoms with Crippen LogP contribution in [0.5, 0.6) is 0 Å². The molecular formula is C20H30O4. The summed E-state index contributed by atoms with van der Waals surface area (Å²) in [5.74, 6) is -0.429. The first-order valence-corrected chi connectivity index (χ1v) is 9.45. The fraction of sp³-hybridized carbons (Fsp3) is 0.850. The molecule has 0 heterocycles. The largest absolute Gasteiger partial charge is 0.481 e. The van der Waals surface area contributed by atoms with Crippen LogP contribution >= 0.6 is 0 Å². The lowest BCUT2D eigenvalue weighted by Gasteiger charge is -2.64. The molecule has 0 saturated heterocycles.